The Morgan fingerprint density at radius 3 is 3.23 bits per heavy atom. The summed E-state index contributed by atoms with van der Waals surface area (Å²) >= 11 is 1.40. The molecule has 4 nitrogen and oxygen atoms in total. The number of amides is 1. The van der Waals surface area contributed by atoms with E-state index in [4.69, 9.17) is 0 Å². The van der Waals surface area contributed by atoms with Gasteiger partial charge in [-0.25, -0.2) is 4.98 Å². The normalized spacial score (nSPS) is 9.54. The first-order chi connectivity index (χ1) is 6.33. The largest absolute Gasteiger partial charge is 0.305 e. The summed E-state index contributed by atoms with van der Waals surface area (Å²) in [5.41, 5.74) is 0. The maximum Gasteiger partial charge on any atom is 0.240 e. The Labute approximate surface area is 80.7 Å². The molecule has 1 amide bonds. The van der Waals surface area contributed by atoms with Crippen molar-refractivity contribution in [2.75, 3.05) is 18.4 Å². The zero-order chi connectivity index (χ0) is 9.52. The molecular weight excluding hydrogens is 186 g/mol. The van der Waals surface area contributed by atoms with Crippen molar-refractivity contribution in [1.29, 1.82) is 0 Å². The van der Waals surface area contributed by atoms with Crippen molar-refractivity contribution in [2.45, 2.75) is 0 Å². The van der Waals surface area contributed by atoms with E-state index < -0.39 is 0 Å². The number of nitrogens with zero attached hydrogens (tertiary/aromatic N) is 1. The number of hydrogen-bond acceptors (Lipinski definition) is 4. The molecule has 0 saturated carbocycles. The molecule has 0 saturated heterocycles. The molecule has 0 aromatic carbocycles. The monoisotopic (exact) mass is 197 g/mol. The third-order valence-corrected chi connectivity index (χ3v) is 1.94. The van der Waals surface area contributed by atoms with Gasteiger partial charge in [-0.2, -0.15) is 0 Å². The molecule has 2 N–H and O–H groups in total. The molecule has 0 unspecified atom stereocenters. The Balaban J connectivity index is 2.22. The lowest BCUT2D eigenvalue weighted by molar-refractivity contribution is -0.115. The molecule has 70 valence electrons. The first kappa shape index (κ1) is 9.88. The Morgan fingerprint density at radius 2 is 2.62 bits per heavy atom. The van der Waals surface area contributed by atoms with Crippen molar-refractivity contribution in [2.24, 2.45) is 0 Å². The minimum atomic E-state index is -0.0863. The molecule has 0 aliphatic heterocycles. The SMILES string of the molecule is C=CCNCC(=O)Nc1nccs1. The molecular formula is C8H11N3OS. The van der Waals surface area contributed by atoms with Crippen LogP contribution >= 0.6 is 11.3 Å². The molecule has 0 fully saturated rings. The van der Waals surface area contributed by atoms with Crippen LogP contribution in [-0.4, -0.2) is 24.0 Å². The number of nitrogens with one attached hydrogen (secondary N) is 2. The lowest BCUT2D eigenvalue weighted by Crippen LogP contribution is -2.27. The second-order valence-electron chi connectivity index (χ2n) is 2.31. The van der Waals surface area contributed by atoms with Gasteiger partial charge in [0.15, 0.2) is 5.13 Å². The van der Waals surface area contributed by atoms with Crippen molar-refractivity contribution in [1.82, 2.24) is 10.3 Å². The maximum absolute atomic E-state index is 11.1. The van der Waals surface area contributed by atoms with Gasteiger partial charge in [0.2, 0.25) is 5.91 Å². The van der Waals surface area contributed by atoms with Gasteiger partial charge in [-0.05, 0) is 0 Å². The van der Waals surface area contributed by atoms with E-state index in [1.807, 2.05) is 5.38 Å². The van der Waals surface area contributed by atoms with Gasteiger partial charge in [-0.3, -0.25) is 4.79 Å². The minimum absolute atomic E-state index is 0.0863. The quantitative estimate of drug-likeness (QED) is 0.543. The number of carbonyl (C=O) groups excluding carboxylic acids is 1. The molecule has 1 heterocycles. The van der Waals surface area contributed by atoms with Crippen LogP contribution in [0.1, 0.15) is 0 Å². The molecule has 1 rings (SSSR count). The van der Waals surface area contributed by atoms with Crippen LogP contribution in [0.3, 0.4) is 0 Å². The van der Waals surface area contributed by atoms with Gasteiger partial charge in [0, 0.05) is 18.1 Å². The van der Waals surface area contributed by atoms with Crippen molar-refractivity contribution in [3.63, 3.8) is 0 Å². The summed E-state index contributed by atoms with van der Waals surface area (Å²) in [5.74, 6) is -0.0863. The van der Waals surface area contributed by atoms with Gasteiger partial charge in [0.05, 0.1) is 6.54 Å². The summed E-state index contributed by atoms with van der Waals surface area (Å²) in [5, 5.41) is 7.99. The van der Waals surface area contributed by atoms with Crippen molar-refractivity contribution in [3.8, 4) is 0 Å². The summed E-state index contributed by atoms with van der Waals surface area (Å²) in [4.78, 5) is 15.1. The topological polar surface area (TPSA) is 54.0 Å². The zero-order valence-corrected chi connectivity index (χ0v) is 7.93. The van der Waals surface area contributed by atoms with Crippen LogP contribution in [0.25, 0.3) is 0 Å². The van der Waals surface area contributed by atoms with Crippen molar-refractivity contribution >= 4 is 22.4 Å². The summed E-state index contributed by atoms with van der Waals surface area (Å²) in [7, 11) is 0. The predicted molar refractivity (Wildman–Crippen MR) is 53.8 cm³/mol. The zero-order valence-electron chi connectivity index (χ0n) is 7.12. The van der Waals surface area contributed by atoms with E-state index in [0.29, 0.717) is 11.7 Å². The Bertz CT molecular complexity index is 271. The average molecular weight is 197 g/mol. The molecule has 0 spiro atoms. The molecule has 0 radical (unpaired) electrons. The number of hydrogen-bond donors (Lipinski definition) is 2. The highest BCUT2D eigenvalue weighted by Gasteiger charge is 2.01. The van der Waals surface area contributed by atoms with E-state index in [-0.39, 0.29) is 12.5 Å². The fourth-order valence-corrected chi connectivity index (χ4v) is 1.28. The van der Waals surface area contributed by atoms with Crippen LogP contribution < -0.4 is 10.6 Å². The number of aromatic nitrogens is 1. The van der Waals surface area contributed by atoms with Gasteiger partial charge in [-0.15, -0.1) is 17.9 Å². The van der Waals surface area contributed by atoms with Gasteiger partial charge < -0.3 is 10.6 Å². The van der Waals surface area contributed by atoms with Crippen molar-refractivity contribution < 1.29 is 4.79 Å². The van der Waals surface area contributed by atoms with Crippen LogP contribution in [0.5, 0.6) is 0 Å². The second-order valence-corrected chi connectivity index (χ2v) is 3.20. The van der Waals surface area contributed by atoms with Gasteiger partial charge in [0.25, 0.3) is 0 Å². The molecule has 5 heteroatoms. The molecule has 1 aromatic heterocycles. The molecule has 0 aliphatic carbocycles. The van der Waals surface area contributed by atoms with E-state index in [1.165, 1.54) is 11.3 Å². The molecule has 0 atom stereocenters. The lowest BCUT2D eigenvalue weighted by atomic mass is 10.5. The highest BCUT2D eigenvalue weighted by molar-refractivity contribution is 7.13. The third-order valence-electron chi connectivity index (χ3n) is 1.25. The molecule has 13 heavy (non-hydrogen) atoms. The molecule has 0 bridgehead atoms. The average Bonchev–Trinajstić information content (AvgIpc) is 2.57. The summed E-state index contributed by atoms with van der Waals surface area (Å²) in [6, 6.07) is 0. The lowest BCUT2D eigenvalue weighted by Gasteiger charge is -2.00. The third kappa shape index (κ3) is 3.82. The van der Waals surface area contributed by atoms with Gasteiger partial charge in [0.1, 0.15) is 0 Å². The van der Waals surface area contributed by atoms with Crippen molar-refractivity contribution in [3.05, 3.63) is 24.2 Å². The number of carbonyl (C=O) groups is 1. The Hall–Kier alpha value is -1.20. The smallest absolute Gasteiger partial charge is 0.240 e. The number of anilines is 1. The van der Waals surface area contributed by atoms with Crippen LogP contribution in [0.15, 0.2) is 24.2 Å². The van der Waals surface area contributed by atoms with E-state index >= 15 is 0 Å². The van der Waals surface area contributed by atoms with Crippen LogP contribution in [0.2, 0.25) is 0 Å². The van der Waals surface area contributed by atoms with Crippen LogP contribution in [0.4, 0.5) is 5.13 Å². The van der Waals surface area contributed by atoms with Crippen LogP contribution in [-0.2, 0) is 4.79 Å². The molecule has 1 aromatic rings. The summed E-state index contributed by atoms with van der Waals surface area (Å²) < 4.78 is 0. The minimum Gasteiger partial charge on any atom is -0.305 e. The van der Waals surface area contributed by atoms with Gasteiger partial charge >= 0.3 is 0 Å². The fraction of sp³-hybridized carbons (Fsp3) is 0.250. The summed E-state index contributed by atoms with van der Waals surface area (Å²) in [6.45, 7) is 4.44. The highest BCUT2D eigenvalue weighted by Crippen LogP contribution is 2.09. The Kier molecular flexibility index (Phi) is 4.14. The van der Waals surface area contributed by atoms with Crippen LogP contribution in [0, 0.1) is 0 Å². The standard InChI is InChI=1S/C8H11N3OS/c1-2-3-9-6-7(12)11-8-10-4-5-13-8/h2,4-5,9H,1,3,6H2,(H,10,11,12). The van der Waals surface area contributed by atoms with Gasteiger partial charge in [-0.1, -0.05) is 6.08 Å². The number of thiazole rings is 1. The number of rotatable bonds is 5. The van der Waals surface area contributed by atoms with E-state index in [2.05, 4.69) is 22.2 Å². The summed E-state index contributed by atoms with van der Waals surface area (Å²) in [6.07, 6.45) is 3.36. The van der Waals surface area contributed by atoms with E-state index in [1.54, 1.807) is 12.3 Å². The fourth-order valence-electron chi connectivity index (χ4n) is 0.736. The first-order valence-corrected chi connectivity index (χ1v) is 4.72. The van der Waals surface area contributed by atoms with E-state index in [0.717, 1.165) is 0 Å². The predicted octanol–water partition coefficient (Wildman–Crippen LogP) is 0.857. The Morgan fingerprint density at radius 1 is 1.77 bits per heavy atom. The van der Waals surface area contributed by atoms with E-state index in [9.17, 15) is 4.79 Å². The molecule has 0 aliphatic rings. The first-order valence-electron chi connectivity index (χ1n) is 3.84. The maximum atomic E-state index is 11.1. The highest BCUT2D eigenvalue weighted by atomic mass is 32.1. The second kappa shape index (κ2) is 5.45.